The third-order valence-electron chi connectivity index (χ3n) is 4.13. The summed E-state index contributed by atoms with van der Waals surface area (Å²) in [4.78, 5) is 38.7. The third kappa shape index (κ3) is 4.21. The highest BCUT2D eigenvalue weighted by molar-refractivity contribution is 6.11. The van der Waals surface area contributed by atoms with Gasteiger partial charge in [0.25, 0.3) is 0 Å². The fourth-order valence-corrected chi connectivity index (χ4v) is 3.06. The van der Waals surface area contributed by atoms with E-state index in [2.05, 4.69) is 0 Å². The monoisotopic (exact) mass is 374 g/mol. The van der Waals surface area contributed by atoms with Crippen molar-refractivity contribution in [2.75, 3.05) is 6.61 Å². The van der Waals surface area contributed by atoms with Crippen LogP contribution < -0.4 is 0 Å². The van der Waals surface area contributed by atoms with Crippen molar-refractivity contribution in [1.82, 2.24) is 0 Å². The van der Waals surface area contributed by atoms with Gasteiger partial charge in [0.2, 0.25) is 0 Å². The predicted molar refractivity (Wildman–Crippen MR) is 99.8 cm³/mol. The van der Waals surface area contributed by atoms with E-state index >= 15 is 0 Å². The molecule has 1 aromatic rings. The van der Waals surface area contributed by atoms with E-state index in [9.17, 15) is 14.4 Å². The maximum atomic E-state index is 13.1. The van der Waals surface area contributed by atoms with Gasteiger partial charge in [-0.25, -0.2) is 4.79 Å². The first-order valence-electron chi connectivity index (χ1n) is 9.11. The lowest BCUT2D eigenvalue weighted by Crippen LogP contribution is -2.49. The quantitative estimate of drug-likeness (QED) is 0.432. The zero-order valence-electron chi connectivity index (χ0n) is 16.4. The SMILES string of the molecule is CCOC(=O)C1=Cc2ccccc2C(C(=O)OC(C)C)(C(=O)OC(C)C)C1. The molecule has 0 saturated carbocycles. The molecule has 1 aromatic carbocycles. The van der Waals surface area contributed by atoms with Crippen molar-refractivity contribution in [3.05, 3.63) is 41.0 Å². The van der Waals surface area contributed by atoms with Crippen molar-refractivity contribution >= 4 is 24.0 Å². The molecule has 0 heterocycles. The minimum absolute atomic E-state index is 0.167. The summed E-state index contributed by atoms with van der Waals surface area (Å²) in [6.07, 6.45) is 0.632. The number of ether oxygens (including phenoxy) is 3. The van der Waals surface area contributed by atoms with Crippen LogP contribution in [-0.4, -0.2) is 36.7 Å². The van der Waals surface area contributed by atoms with Crippen LogP contribution in [0, 0.1) is 0 Å². The molecule has 0 amide bonds. The Bertz CT molecular complexity index is 738. The number of rotatable bonds is 6. The lowest BCUT2D eigenvalue weighted by atomic mass is 9.69. The van der Waals surface area contributed by atoms with E-state index in [0.717, 1.165) is 0 Å². The topological polar surface area (TPSA) is 78.9 Å². The minimum Gasteiger partial charge on any atom is -0.463 e. The molecule has 0 saturated heterocycles. The molecule has 0 aliphatic heterocycles. The summed E-state index contributed by atoms with van der Waals surface area (Å²) < 4.78 is 15.9. The van der Waals surface area contributed by atoms with E-state index in [1.807, 2.05) is 0 Å². The molecule has 1 aliphatic carbocycles. The Balaban J connectivity index is 2.66. The van der Waals surface area contributed by atoms with Crippen LogP contribution in [-0.2, 0) is 34.0 Å². The average Bonchev–Trinajstić information content (AvgIpc) is 2.59. The van der Waals surface area contributed by atoms with Gasteiger partial charge in [-0.3, -0.25) is 9.59 Å². The van der Waals surface area contributed by atoms with Gasteiger partial charge < -0.3 is 14.2 Å². The molecular weight excluding hydrogens is 348 g/mol. The Morgan fingerprint density at radius 1 is 1.00 bits per heavy atom. The van der Waals surface area contributed by atoms with E-state index < -0.39 is 35.5 Å². The van der Waals surface area contributed by atoms with Crippen molar-refractivity contribution < 1.29 is 28.6 Å². The summed E-state index contributed by atoms with van der Waals surface area (Å²) in [5.74, 6) is -2.03. The van der Waals surface area contributed by atoms with Crippen molar-refractivity contribution in [2.24, 2.45) is 0 Å². The molecule has 27 heavy (non-hydrogen) atoms. The first-order chi connectivity index (χ1) is 12.7. The van der Waals surface area contributed by atoms with Crippen LogP contribution in [0.25, 0.3) is 6.08 Å². The summed E-state index contributed by atoms with van der Waals surface area (Å²) in [5.41, 5.74) is -0.457. The summed E-state index contributed by atoms with van der Waals surface area (Å²) in [6.45, 7) is 8.71. The zero-order valence-corrected chi connectivity index (χ0v) is 16.4. The first kappa shape index (κ1) is 20.7. The van der Waals surface area contributed by atoms with Crippen LogP contribution in [0.5, 0.6) is 0 Å². The Hall–Kier alpha value is -2.63. The van der Waals surface area contributed by atoms with Crippen LogP contribution in [0.1, 0.15) is 52.2 Å². The second-order valence-corrected chi connectivity index (χ2v) is 6.97. The third-order valence-corrected chi connectivity index (χ3v) is 4.13. The molecule has 2 rings (SSSR count). The van der Waals surface area contributed by atoms with Gasteiger partial charge in [0.15, 0.2) is 5.41 Å². The molecule has 6 heteroatoms. The van der Waals surface area contributed by atoms with Crippen LogP contribution in [0.4, 0.5) is 0 Å². The predicted octanol–water partition coefficient (Wildman–Crippen LogP) is 3.18. The Kier molecular flexibility index (Phi) is 6.41. The van der Waals surface area contributed by atoms with Crippen LogP contribution in [0.2, 0.25) is 0 Å². The Labute approximate surface area is 159 Å². The standard InChI is InChI=1S/C21H26O6/c1-6-25-18(22)16-11-15-9-7-8-10-17(15)21(12-16,19(23)26-13(2)3)20(24)27-14(4)5/h7-11,13-14H,6,12H2,1-5H3. The van der Waals surface area contributed by atoms with Gasteiger partial charge in [0, 0.05) is 12.0 Å². The first-order valence-corrected chi connectivity index (χ1v) is 9.11. The lowest BCUT2D eigenvalue weighted by molar-refractivity contribution is -0.169. The van der Waals surface area contributed by atoms with Gasteiger partial charge in [0.1, 0.15) is 0 Å². The molecule has 0 bridgehead atoms. The average molecular weight is 374 g/mol. The van der Waals surface area contributed by atoms with E-state index in [1.165, 1.54) is 0 Å². The lowest BCUT2D eigenvalue weighted by Gasteiger charge is -2.35. The highest BCUT2D eigenvalue weighted by atomic mass is 16.6. The molecule has 0 aromatic heterocycles. The molecule has 0 spiro atoms. The maximum Gasteiger partial charge on any atom is 0.334 e. The zero-order chi connectivity index (χ0) is 20.2. The normalized spacial score (nSPS) is 15.0. The van der Waals surface area contributed by atoms with Gasteiger partial charge in [-0.1, -0.05) is 24.3 Å². The molecule has 146 valence electrons. The number of carbonyl (C=O) groups is 3. The molecule has 0 atom stereocenters. The number of benzene rings is 1. The van der Waals surface area contributed by atoms with Gasteiger partial charge in [-0.15, -0.1) is 0 Å². The number of fused-ring (bicyclic) bond motifs is 1. The van der Waals surface area contributed by atoms with E-state index in [-0.39, 0.29) is 18.6 Å². The smallest absolute Gasteiger partial charge is 0.334 e. The van der Waals surface area contributed by atoms with Crippen LogP contribution >= 0.6 is 0 Å². The highest BCUT2D eigenvalue weighted by Crippen LogP contribution is 2.42. The fourth-order valence-electron chi connectivity index (χ4n) is 3.06. The largest absolute Gasteiger partial charge is 0.463 e. The van der Waals surface area contributed by atoms with Crippen LogP contribution in [0.3, 0.4) is 0 Å². The molecule has 0 fully saturated rings. The van der Waals surface area contributed by atoms with Crippen LogP contribution in [0.15, 0.2) is 29.8 Å². The number of esters is 3. The molecule has 6 nitrogen and oxygen atoms in total. The maximum absolute atomic E-state index is 13.1. The molecule has 0 unspecified atom stereocenters. The van der Waals surface area contributed by atoms with Gasteiger partial charge in [-0.05, 0) is 51.8 Å². The summed E-state index contributed by atoms with van der Waals surface area (Å²) >= 11 is 0. The summed E-state index contributed by atoms with van der Waals surface area (Å²) in [7, 11) is 0. The summed E-state index contributed by atoms with van der Waals surface area (Å²) in [5, 5.41) is 0. The van der Waals surface area contributed by atoms with Gasteiger partial charge in [0.05, 0.1) is 18.8 Å². The van der Waals surface area contributed by atoms with E-state index in [1.54, 1.807) is 65.0 Å². The fraction of sp³-hybridized carbons (Fsp3) is 0.476. The van der Waals surface area contributed by atoms with Gasteiger partial charge >= 0.3 is 17.9 Å². The number of hydrogen-bond acceptors (Lipinski definition) is 6. The van der Waals surface area contributed by atoms with E-state index in [0.29, 0.717) is 11.1 Å². The molecular formula is C21H26O6. The number of hydrogen-bond donors (Lipinski definition) is 0. The van der Waals surface area contributed by atoms with Crippen molar-refractivity contribution in [1.29, 1.82) is 0 Å². The number of carbonyl (C=O) groups excluding carboxylic acids is 3. The second kappa shape index (κ2) is 8.37. The van der Waals surface area contributed by atoms with Crippen molar-refractivity contribution in [3.8, 4) is 0 Å². The summed E-state index contributed by atoms with van der Waals surface area (Å²) in [6, 6.07) is 6.95. The Morgan fingerprint density at radius 3 is 2.07 bits per heavy atom. The Morgan fingerprint density at radius 2 is 1.56 bits per heavy atom. The van der Waals surface area contributed by atoms with E-state index in [4.69, 9.17) is 14.2 Å². The molecule has 0 radical (unpaired) electrons. The second-order valence-electron chi connectivity index (χ2n) is 6.97. The highest BCUT2D eigenvalue weighted by Gasteiger charge is 2.54. The minimum atomic E-state index is -1.75. The van der Waals surface area contributed by atoms with Crippen molar-refractivity contribution in [2.45, 2.75) is 58.7 Å². The van der Waals surface area contributed by atoms with Crippen molar-refractivity contribution in [3.63, 3.8) is 0 Å². The molecule has 1 aliphatic rings. The van der Waals surface area contributed by atoms with Gasteiger partial charge in [-0.2, -0.15) is 0 Å². The molecule has 0 N–H and O–H groups in total.